The average molecular weight is 353 g/mol. The first-order chi connectivity index (χ1) is 12.2. The summed E-state index contributed by atoms with van der Waals surface area (Å²) in [7, 11) is 0. The second-order valence-electron chi connectivity index (χ2n) is 5.66. The molecule has 1 aliphatic heterocycles. The summed E-state index contributed by atoms with van der Waals surface area (Å²) in [6, 6.07) is 18.6. The van der Waals surface area contributed by atoms with E-state index in [1.54, 1.807) is 22.7 Å². The Hall–Kier alpha value is -2.53. The molecule has 0 saturated carbocycles. The zero-order valence-electron chi connectivity index (χ0n) is 13.7. The van der Waals surface area contributed by atoms with Crippen LogP contribution in [0.5, 0.6) is 0 Å². The van der Waals surface area contributed by atoms with Gasteiger partial charge in [0, 0.05) is 11.8 Å². The van der Waals surface area contributed by atoms with Crippen LogP contribution in [-0.2, 0) is 20.9 Å². The molecule has 1 fully saturated rings. The van der Waals surface area contributed by atoms with E-state index in [1.165, 1.54) is 6.08 Å². The number of thioether (sulfide) groups is 1. The van der Waals surface area contributed by atoms with Crippen LogP contribution < -0.4 is 0 Å². The maximum absolute atomic E-state index is 12.4. The fraction of sp³-hybridized carbons (Fsp3) is 0.200. The second kappa shape index (κ2) is 8.53. The Balaban J connectivity index is 1.58. The van der Waals surface area contributed by atoms with Gasteiger partial charge >= 0.3 is 5.97 Å². The number of amides is 1. The van der Waals surface area contributed by atoms with Crippen molar-refractivity contribution in [2.45, 2.75) is 12.6 Å². The third kappa shape index (κ3) is 4.73. The smallest absolute Gasteiger partial charge is 0.330 e. The first-order valence-corrected chi connectivity index (χ1v) is 9.21. The molecule has 25 heavy (non-hydrogen) atoms. The Labute approximate surface area is 151 Å². The normalized spacial score (nSPS) is 17.0. The zero-order chi connectivity index (χ0) is 17.5. The molecular weight excluding hydrogens is 334 g/mol. The van der Waals surface area contributed by atoms with Gasteiger partial charge in [-0.3, -0.25) is 4.79 Å². The van der Waals surface area contributed by atoms with Crippen molar-refractivity contribution in [1.29, 1.82) is 0 Å². The van der Waals surface area contributed by atoms with Gasteiger partial charge < -0.3 is 9.64 Å². The van der Waals surface area contributed by atoms with E-state index in [-0.39, 0.29) is 18.5 Å². The quantitative estimate of drug-likeness (QED) is 0.611. The van der Waals surface area contributed by atoms with Crippen LogP contribution in [-0.4, -0.2) is 34.4 Å². The Morgan fingerprint density at radius 2 is 1.76 bits per heavy atom. The Kier molecular flexibility index (Phi) is 5.90. The van der Waals surface area contributed by atoms with Crippen molar-refractivity contribution in [2.24, 2.45) is 0 Å². The molecule has 3 rings (SSSR count). The number of hydrogen-bond donors (Lipinski definition) is 0. The van der Waals surface area contributed by atoms with Gasteiger partial charge in [0.05, 0.1) is 5.88 Å². The third-order valence-corrected chi connectivity index (χ3v) is 4.89. The summed E-state index contributed by atoms with van der Waals surface area (Å²) < 4.78 is 5.38. The van der Waals surface area contributed by atoms with Crippen molar-refractivity contribution in [1.82, 2.24) is 4.90 Å². The summed E-state index contributed by atoms with van der Waals surface area (Å²) in [5.41, 5.74) is 1.88. The summed E-state index contributed by atoms with van der Waals surface area (Å²) >= 11 is 1.56. The minimum atomic E-state index is -0.526. The lowest BCUT2D eigenvalue weighted by atomic mass is 10.2. The molecule has 2 aromatic carbocycles. The summed E-state index contributed by atoms with van der Waals surface area (Å²) in [6.45, 7) is 0.225. The van der Waals surface area contributed by atoms with Crippen LogP contribution >= 0.6 is 11.8 Å². The largest absolute Gasteiger partial charge is 0.459 e. The van der Waals surface area contributed by atoms with Crippen molar-refractivity contribution in [3.05, 3.63) is 77.9 Å². The van der Waals surface area contributed by atoms with Gasteiger partial charge in [-0.25, -0.2) is 4.79 Å². The highest BCUT2D eigenvalue weighted by atomic mass is 32.2. The monoisotopic (exact) mass is 353 g/mol. The highest BCUT2D eigenvalue weighted by Crippen LogP contribution is 2.23. The van der Waals surface area contributed by atoms with Gasteiger partial charge in [-0.1, -0.05) is 60.7 Å². The van der Waals surface area contributed by atoms with Crippen molar-refractivity contribution < 1.29 is 14.3 Å². The highest BCUT2D eigenvalue weighted by Gasteiger charge is 2.34. The van der Waals surface area contributed by atoms with Gasteiger partial charge in [0.2, 0.25) is 5.91 Å². The fourth-order valence-electron chi connectivity index (χ4n) is 2.51. The van der Waals surface area contributed by atoms with Gasteiger partial charge in [-0.05, 0) is 17.2 Å². The number of rotatable bonds is 5. The highest BCUT2D eigenvalue weighted by molar-refractivity contribution is 7.99. The second-order valence-corrected chi connectivity index (χ2v) is 6.66. The summed E-state index contributed by atoms with van der Waals surface area (Å²) in [4.78, 5) is 26.3. The van der Waals surface area contributed by atoms with Gasteiger partial charge in [0.1, 0.15) is 12.6 Å². The van der Waals surface area contributed by atoms with Crippen molar-refractivity contribution in [3.63, 3.8) is 0 Å². The van der Waals surface area contributed by atoms with Crippen LogP contribution in [0.4, 0.5) is 0 Å². The molecule has 4 nitrogen and oxygen atoms in total. The molecule has 0 bridgehead atoms. The van der Waals surface area contributed by atoms with Crippen molar-refractivity contribution in [3.8, 4) is 0 Å². The standard InChI is InChI=1S/C20H19NO3S/c22-19(12-11-16-7-3-1-4-8-16)21-15-25-14-18(21)20(23)24-13-17-9-5-2-6-10-17/h1-12,18H,13-15H2. The molecule has 1 saturated heterocycles. The molecule has 2 aromatic rings. The zero-order valence-corrected chi connectivity index (χ0v) is 14.5. The minimum Gasteiger partial charge on any atom is -0.459 e. The van der Waals surface area contributed by atoms with Crippen LogP contribution in [0.1, 0.15) is 11.1 Å². The molecule has 1 unspecified atom stereocenters. The summed E-state index contributed by atoms with van der Waals surface area (Å²) in [6.07, 6.45) is 3.27. The molecule has 0 N–H and O–H groups in total. The lowest BCUT2D eigenvalue weighted by Crippen LogP contribution is -2.42. The number of hydrogen-bond acceptors (Lipinski definition) is 4. The number of esters is 1. The molecular formula is C20H19NO3S. The summed E-state index contributed by atoms with van der Waals surface area (Å²) in [5, 5.41) is 0. The van der Waals surface area contributed by atoms with E-state index in [0.29, 0.717) is 11.6 Å². The fourth-order valence-corrected chi connectivity index (χ4v) is 3.66. The average Bonchev–Trinajstić information content (AvgIpc) is 3.16. The summed E-state index contributed by atoms with van der Waals surface area (Å²) in [5.74, 6) is 0.549. The van der Waals surface area contributed by atoms with Crippen molar-refractivity contribution in [2.75, 3.05) is 11.6 Å². The molecule has 1 amide bonds. The van der Waals surface area contributed by atoms with Gasteiger partial charge in [-0.15, -0.1) is 11.8 Å². The maximum Gasteiger partial charge on any atom is 0.330 e. The predicted molar refractivity (Wildman–Crippen MR) is 99.7 cm³/mol. The molecule has 0 spiro atoms. The number of carbonyl (C=O) groups excluding carboxylic acids is 2. The van der Waals surface area contributed by atoms with E-state index in [0.717, 1.165) is 11.1 Å². The molecule has 1 heterocycles. The van der Waals surface area contributed by atoms with Gasteiger partial charge in [-0.2, -0.15) is 0 Å². The van der Waals surface area contributed by atoms with E-state index < -0.39 is 6.04 Å². The molecule has 1 aliphatic rings. The van der Waals surface area contributed by atoms with Crippen molar-refractivity contribution >= 4 is 29.7 Å². The van der Waals surface area contributed by atoms with Gasteiger partial charge in [0.25, 0.3) is 0 Å². The van der Waals surface area contributed by atoms with Crippen LogP contribution in [0.25, 0.3) is 6.08 Å². The first kappa shape index (κ1) is 17.3. The van der Waals surface area contributed by atoms with Crippen LogP contribution in [0, 0.1) is 0 Å². The van der Waals surface area contributed by atoms with E-state index in [4.69, 9.17) is 4.74 Å². The topological polar surface area (TPSA) is 46.6 Å². The molecule has 128 valence electrons. The van der Waals surface area contributed by atoms with E-state index in [2.05, 4.69) is 0 Å². The minimum absolute atomic E-state index is 0.171. The van der Waals surface area contributed by atoms with Crippen LogP contribution in [0.15, 0.2) is 66.7 Å². The Morgan fingerprint density at radius 1 is 1.08 bits per heavy atom. The number of ether oxygens (including phenoxy) is 1. The SMILES string of the molecule is O=C(OCc1ccccc1)C1CSCN1C(=O)C=Cc1ccccc1. The van der Waals surface area contributed by atoms with E-state index in [9.17, 15) is 9.59 Å². The molecule has 0 aliphatic carbocycles. The van der Waals surface area contributed by atoms with E-state index >= 15 is 0 Å². The van der Waals surface area contributed by atoms with Gasteiger partial charge in [0.15, 0.2) is 0 Å². The molecule has 0 aromatic heterocycles. The number of carbonyl (C=O) groups is 2. The Bertz CT molecular complexity index is 746. The number of benzene rings is 2. The van der Waals surface area contributed by atoms with Crippen LogP contribution in [0.3, 0.4) is 0 Å². The van der Waals surface area contributed by atoms with E-state index in [1.807, 2.05) is 60.7 Å². The predicted octanol–water partition coefficient (Wildman–Crippen LogP) is 3.34. The third-order valence-electron chi connectivity index (χ3n) is 3.88. The molecule has 5 heteroatoms. The van der Waals surface area contributed by atoms with Crippen LogP contribution in [0.2, 0.25) is 0 Å². The molecule has 0 radical (unpaired) electrons. The Morgan fingerprint density at radius 3 is 2.48 bits per heavy atom. The maximum atomic E-state index is 12.4. The lowest BCUT2D eigenvalue weighted by molar-refractivity contribution is -0.152. The first-order valence-electron chi connectivity index (χ1n) is 8.06. The lowest BCUT2D eigenvalue weighted by Gasteiger charge is -2.21. The number of nitrogens with zero attached hydrogens (tertiary/aromatic N) is 1. The molecule has 1 atom stereocenters.